The van der Waals surface area contributed by atoms with E-state index in [-0.39, 0.29) is 0 Å². The first-order valence-electron chi connectivity index (χ1n) is 5.24. The molecule has 0 spiro atoms. The second-order valence-corrected chi connectivity index (χ2v) is 2.93. The minimum Gasteiger partial charge on any atom is -0.373 e. The third kappa shape index (κ3) is 11.0. The summed E-state index contributed by atoms with van der Waals surface area (Å²) in [5.74, 6) is 6.06. The summed E-state index contributed by atoms with van der Waals surface area (Å²) in [5, 5.41) is 0. The molecule has 0 aromatic rings. The Morgan fingerprint density at radius 2 is 2.00 bits per heavy atom. The minimum absolute atomic E-state index is 0.646. The average Bonchev–Trinajstić information content (AvgIpc) is 2.21. The molecular formula is C13H20O. The molecule has 0 bridgehead atoms. The van der Waals surface area contributed by atoms with Crippen LogP contribution in [0.15, 0.2) is 24.3 Å². The first-order valence-corrected chi connectivity index (χ1v) is 5.24. The van der Waals surface area contributed by atoms with Crippen LogP contribution in [0.3, 0.4) is 0 Å². The van der Waals surface area contributed by atoms with Crippen LogP contribution in [0.25, 0.3) is 0 Å². The van der Waals surface area contributed by atoms with Crippen LogP contribution in [0.5, 0.6) is 0 Å². The average molecular weight is 192 g/mol. The molecule has 0 amide bonds. The van der Waals surface area contributed by atoms with Gasteiger partial charge in [-0.3, -0.25) is 0 Å². The molecule has 0 saturated heterocycles. The van der Waals surface area contributed by atoms with E-state index >= 15 is 0 Å². The van der Waals surface area contributed by atoms with Crippen molar-refractivity contribution < 1.29 is 4.74 Å². The fourth-order valence-electron chi connectivity index (χ4n) is 0.804. The van der Waals surface area contributed by atoms with Gasteiger partial charge in [-0.2, -0.15) is 0 Å². The molecule has 14 heavy (non-hydrogen) atoms. The van der Waals surface area contributed by atoms with Gasteiger partial charge in [-0.25, -0.2) is 0 Å². The molecule has 1 heteroatoms. The fourth-order valence-corrected chi connectivity index (χ4v) is 0.804. The van der Waals surface area contributed by atoms with Crippen molar-refractivity contribution >= 4 is 0 Å². The highest BCUT2D eigenvalue weighted by atomic mass is 16.5. The number of ether oxygens (including phenoxy) is 1. The maximum Gasteiger partial charge on any atom is 0.0660 e. The Bertz CT molecular complexity index is 215. The van der Waals surface area contributed by atoms with Crippen LogP contribution in [0.2, 0.25) is 0 Å². The van der Waals surface area contributed by atoms with E-state index in [1.165, 1.54) is 12.8 Å². The lowest BCUT2D eigenvalue weighted by Gasteiger charge is -1.92. The highest BCUT2D eigenvalue weighted by molar-refractivity contribution is 5.15. The zero-order valence-corrected chi connectivity index (χ0v) is 9.25. The smallest absolute Gasteiger partial charge is 0.0660 e. The van der Waals surface area contributed by atoms with Crippen LogP contribution in [-0.4, -0.2) is 13.2 Å². The first kappa shape index (κ1) is 13.0. The van der Waals surface area contributed by atoms with E-state index in [0.717, 1.165) is 6.42 Å². The van der Waals surface area contributed by atoms with Gasteiger partial charge in [-0.1, -0.05) is 43.4 Å². The molecule has 0 aromatic carbocycles. The van der Waals surface area contributed by atoms with Crippen molar-refractivity contribution in [2.24, 2.45) is 0 Å². The van der Waals surface area contributed by atoms with Crippen LogP contribution >= 0.6 is 0 Å². The normalized spacial score (nSPS) is 10.7. The van der Waals surface area contributed by atoms with E-state index in [0.29, 0.717) is 13.2 Å². The highest BCUT2D eigenvalue weighted by Crippen LogP contribution is 1.90. The van der Waals surface area contributed by atoms with E-state index < -0.39 is 0 Å². The van der Waals surface area contributed by atoms with Gasteiger partial charge < -0.3 is 4.74 Å². The molecule has 0 unspecified atom stereocenters. The van der Waals surface area contributed by atoms with E-state index in [1.54, 1.807) is 0 Å². The Kier molecular flexibility index (Phi) is 11.1. The second-order valence-electron chi connectivity index (χ2n) is 2.93. The molecule has 0 radical (unpaired) electrons. The predicted octanol–water partition coefficient (Wildman–Crippen LogP) is 3.33. The summed E-state index contributed by atoms with van der Waals surface area (Å²) >= 11 is 0. The Labute approximate surface area is 87.9 Å². The van der Waals surface area contributed by atoms with Crippen molar-refractivity contribution in [1.82, 2.24) is 0 Å². The van der Waals surface area contributed by atoms with Gasteiger partial charge in [0.2, 0.25) is 0 Å². The summed E-state index contributed by atoms with van der Waals surface area (Å²) in [6.07, 6.45) is 11.2. The predicted molar refractivity (Wildman–Crippen MR) is 62.1 cm³/mol. The van der Waals surface area contributed by atoms with Crippen molar-refractivity contribution in [3.05, 3.63) is 24.3 Å². The van der Waals surface area contributed by atoms with Crippen LogP contribution in [-0.2, 0) is 4.74 Å². The zero-order valence-electron chi connectivity index (χ0n) is 9.25. The molecule has 0 aliphatic rings. The van der Waals surface area contributed by atoms with Crippen molar-refractivity contribution in [2.45, 2.75) is 33.1 Å². The Balaban J connectivity index is 3.28. The quantitative estimate of drug-likeness (QED) is 0.356. The molecular weight excluding hydrogens is 172 g/mol. The number of hydrogen-bond acceptors (Lipinski definition) is 1. The molecule has 0 fully saturated rings. The van der Waals surface area contributed by atoms with Gasteiger partial charge >= 0.3 is 0 Å². The molecule has 0 aliphatic carbocycles. The van der Waals surface area contributed by atoms with Crippen molar-refractivity contribution in [3.63, 3.8) is 0 Å². The molecule has 0 N–H and O–H groups in total. The highest BCUT2D eigenvalue weighted by Gasteiger charge is 1.76. The van der Waals surface area contributed by atoms with Gasteiger partial charge in [-0.05, 0) is 19.4 Å². The summed E-state index contributed by atoms with van der Waals surface area (Å²) in [6, 6.07) is 0. The van der Waals surface area contributed by atoms with Crippen molar-refractivity contribution in [2.75, 3.05) is 13.2 Å². The van der Waals surface area contributed by atoms with Crippen LogP contribution < -0.4 is 0 Å². The van der Waals surface area contributed by atoms with Gasteiger partial charge in [-0.15, -0.1) is 0 Å². The Hall–Kier alpha value is -1.00. The first-order chi connectivity index (χ1) is 6.91. The number of hydrogen-bond donors (Lipinski definition) is 0. The molecule has 0 heterocycles. The molecule has 0 rings (SSSR count). The fraction of sp³-hybridized carbons (Fsp3) is 0.538. The second kappa shape index (κ2) is 12.0. The third-order valence-corrected chi connectivity index (χ3v) is 1.62. The van der Waals surface area contributed by atoms with Gasteiger partial charge in [0.1, 0.15) is 0 Å². The third-order valence-electron chi connectivity index (χ3n) is 1.62. The van der Waals surface area contributed by atoms with Crippen LogP contribution in [0.1, 0.15) is 33.1 Å². The van der Waals surface area contributed by atoms with E-state index in [2.05, 4.69) is 18.8 Å². The lowest BCUT2D eigenvalue weighted by Crippen LogP contribution is -1.89. The molecule has 78 valence electrons. The lowest BCUT2D eigenvalue weighted by molar-refractivity contribution is 0.194. The summed E-state index contributed by atoms with van der Waals surface area (Å²) in [7, 11) is 0. The monoisotopic (exact) mass is 192 g/mol. The summed E-state index contributed by atoms with van der Waals surface area (Å²) in [5.41, 5.74) is 0. The van der Waals surface area contributed by atoms with Crippen LogP contribution in [0, 0.1) is 11.8 Å². The standard InChI is InChI=1S/C13H20O/c1-3-5-7-8-9-10-11-13-14-12-6-4-2/h4,6,10-11H,3,5,7,12-13H2,1-2H3/b6-4+,11-10+. The Morgan fingerprint density at radius 3 is 2.71 bits per heavy atom. The number of allylic oxidation sites excluding steroid dienone is 2. The zero-order chi connectivity index (χ0) is 10.5. The van der Waals surface area contributed by atoms with Crippen molar-refractivity contribution in [3.8, 4) is 11.8 Å². The largest absolute Gasteiger partial charge is 0.373 e. The molecule has 0 aliphatic heterocycles. The van der Waals surface area contributed by atoms with Gasteiger partial charge in [0, 0.05) is 6.42 Å². The summed E-state index contributed by atoms with van der Waals surface area (Å²) in [6.45, 7) is 5.49. The molecule has 0 saturated carbocycles. The van der Waals surface area contributed by atoms with Crippen LogP contribution in [0.4, 0.5) is 0 Å². The number of unbranched alkanes of at least 4 members (excludes halogenated alkanes) is 2. The summed E-state index contributed by atoms with van der Waals surface area (Å²) < 4.78 is 5.26. The molecule has 0 atom stereocenters. The van der Waals surface area contributed by atoms with Gasteiger partial charge in [0.25, 0.3) is 0 Å². The van der Waals surface area contributed by atoms with E-state index in [4.69, 9.17) is 4.74 Å². The SMILES string of the molecule is C/C=C/COC/C=C/C#CCCCC. The molecule has 1 nitrogen and oxygen atoms in total. The lowest BCUT2D eigenvalue weighted by atomic mass is 10.2. The maximum atomic E-state index is 5.26. The van der Waals surface area contributed by atoms with Gasteiger partial charge in [0.15, 0.2) is 0 Å². The Morgan fingerprint density at radius 1 is 1.21 bits per heavy atom. The topological polar surface area (TPSA) is 9.23 Å². The maximum absolute atomic E-state index is 5.26. The number of rotatable bonds is 6. The van der Waals surface area contributed by atoms with Crippen molar-refractivity contribution in [1.29, 1.82) is 0 Å². The van der Waals surface area contributed by atoms with Gasteiger partial charge in [0.05, 0.1) is 13.2 Å². The van der Waals surface area contributed by atoms with E-state index in [9.17, 15) is 0 Å². The summed E-state index contributed by atoms with van der Waals surface area (Å²) in [4.78, 5) is 0. The minimum atomic E-state index is 0.646. The molecule has 0 aromatic heterocycles. The van der Waals surface area contributed by atoms with E-state index in [1.807, 2.05) is 31.2 Å².